The fraction of sp³-hybridized carbons (Fsp3) is 0.265. The van der Waals surface area contributed by atoms with Gasteiger partial charge in [-0.2, -0.15) is 4.98 Å². The molecule has 0 aliphatic carbocycles. The summed E-state index contributed by atoms with van der Waals surface area (Å²) < 4.78 is 25.8. The van der Waals surface area contributed by atoms with Crippen molar-refractivity contribution >= 4 is 32.5 Å². The minimum Gasteiger partial charge on any atom is -0.324 e. The lowest BCUT2D eigenvalue weighted by atomic mass is 9.91. The molecule has 1 aliphatic rings. The van der Waals surface area contributed by atoms with Crippen LogP contribution in [0.15, 0.2) is 94.7 Å². The predicted octanol–water partition coefficient (Wildman–Crippen LogP) is 5.79. The number of piperidine rings is 1. The van der Waals surface area contributed by atoms with Gasteiger partial charge in [-0.25, -0.2) is 13.4 Å². The van der Waals surface area contributed by atoms with Gasteiger partial charge in [-0.3, -0.25) is 9.36 Å². The molecule has 1 unspecified atom stereocenters. The first-order valence-electron chi connectivity index (χ1n) is 14.5. The van der Waals surface area contributed by atoms with Gasteiger partial charge < -0.3 is 10.2 Å². The summed E-state index contributed by atoms with van der Waals surface area (Å²) in [7, 11) is -1.18. The van der Waals surface area contributed by atoms with Gasteiger partial charge in [-0.1, -0.05) is 36.4 Å². The molecule has 0 spiro atoms. The number of benzene rings is 3. The molecule has 5 aromatic rings. The van der Waals surface area contributed by atoms with Crippen molar-refractivity contribution in [2.75, 3.05) is 31.7 Å². The molecular formula is C34H35N5O3S. The highest BCUT2D eigenvalue weighted by atomic mass is 32.2. The van der Waals surface area contributed by atoms with E-state index in [-0.39, 0.29) is 10.5 Å². The molecule has 43 heavy (non-hydrogen) atoms. The number of rotatable bonds is 7. The highest BCUT2D eigenvalue weighted by Crippen LogP contribution is 2.28. The number of aromatic nitrogens is 3. The van der Waals surface area contributed by atoms with E-state index < -0.39 is 9.84 Å². The number of pyridine rings is 1. The summed E-state index contributed by atoms with van der Waals surface area (Å²) in [6, 6.07) is 24.4. The first kappa shape index (κ1) is 28.8. The molecule has 2 aromatic heterocycles. The van der Waals surface area contributed by atoms with Crippen molar-refractivity contribution in [1.29, 1.82) is 0 Å². The molecule has 3 heterocycles. The van der Waals surface area contributed by atoms with Crippen LogP contribution < -0.4 is 10.9 Å². The van der Waals surface area contributed by atoms with Crippen LogP contribution in [0.2, 0.25) is 0 Å². The number of hydrogen-bond donors (Lipinski definition) is 1. The summed E-state index contributed by atoms with van der Waals surface area (Å²) in [5, 5.41) is 3.99. The molecule has 1 aliphatic heterocycles. The summed E-state index contributed by atoms with van der Waals surface area (Å²) in [6.45, 7) is 4.13. The van der Waals surface area contributed by atoms with Gasteiger partial charge in [0.15, 0.2) is 15.5 Å². The van der Waals surface area contributed by atoms with E-state index >= 15 is 0 Å². The fourth-order valence-electron chi connectivity index (χ4n) is 5.96. The third-order valence-corrected chi connectivity index (χ3v) is 9.24. The van der Waals surface area contributed by atoms with Crippen LogP contribution in [0.5, 0.6) is 0 Å². The third-order valence-electron chi connectivity index (χ3n) is 8.13. The molecule has 0 bridgehead atoms. The van der Waals surface area contributed by atoms with Gasteiger partial charge in [-0.15, -0.1) is 0 Å². The van der Waals surface area contributed by atoms with E-state index in [1.54, 1.807) is 29.0 Å². The number of fused-ring (bicyclic) bond motifs is 1. The smallest absolute Gasteiger partial charge is 0.264 e. The average molecular weight is 594 g/mol. The third kappa shape index (κ3) is 6.23. The molecule has 1 N–H and O–H groups in total. The normalized spacial score (nSPS) is 15.9. The number of anilines is 2. The molecular weight excluding hydrogens is 558 g/mol. The Labute approximate surface area is 252 Å². The van der Waals surface area contributed by atoms with E-state index in [0.717, 1.165) is 18.7 Å². The lowest BCUT2D eigenvalue weighted by Crippen LogP contribution is -2.32. The largest absolute Gasteiger partial charge is 0.324 e. The fourth-order valence-corrected chi connectivity index (χ4v) is 6.67. The second-order valence-electron chi connectivity index (χ2n) is 11.6. The Kier molecular flexibility index (Phi) is 7.85. The van der Waals surface area contributed by atoms with E-state index in [9.17, 15) is 13.2 Å². The molecule has 0 amide bonds. The van der Waals surface area contributed by atoms with Gasteiger partial charge in [0.25, 0.3) is 5.56 Å². The van der Waals surface area contributed by atoms with Crippen molar-refractivity contribution < 1.29 is 8.42 Å². The number of nitrogens with zero attached hydrogens (tertiary/aromatic N) is 4. The van der Waals surface area contributed by atoms with E-state index in [4.69, 9.17) is 4.98 Å². The average Bonchev–Trinajstić information content (AvgIpc) is 2.98. The predicted molar refractivity (Wildman–Crippen MR) is 172 cm³/mol. The molecule has 9 heteroatoms. The second kappa shape index (κ2) is 11.7. The van der Waals surface area contributed by atoms with Crippen LogP contribution in [-0.4, -0.2) is 54.2 Å². The Morgan fingerprint density at radius 3 is 2.44 bits per heavy atom. The number of nitrogens with one attached hydrogen (secondary N) is 1. The topological polar surface area (TPSA) is 97.2 Å². The zero-order valence-corrected chi connectivity index (χ0v) is 25.4. The number of likely N-dealkylation sites (tertiary alicyclic amines) is 1. The van der Waals surface area contributed by atoms with Crippen LogP contribution >= 0.6 is 0 Å². The maximum Gasteiger partial charge on any atom is 0.264 e. The molecule has 1 fully saturated rings. The zero-order chi connectivity index (χ0) is 30.1. The van der Waals surface area contributed by atoms with E-state index in [0.29, 0.717) is 45.3 Å². The quantitative estimate of drug-likeness (QED) is 0.255. The summed E-state index contributed by atoms with van der Waals surface area (Å²) >= 11 is 0. The van der Waals surface area contributed by atoms with Crippen molar-refractivity contribution in [2.45, 2.75) is 31.1 Å². The van der Waals surface area contributed by atoms with Crippen LogP contribution in [0.4, 0.5) is 11.6 Å². The lowest BCUT2D eigenvalue weighted by Gasteiger charge is -2.29. The SMILES string of the molecule is Cc1cc(S(C)(=O)=O)ccc1-c1cc2cnc(Nc3ccc(CC4CCCN(C)C4)cc3)nc2n(-c2ccccc2)c1=O. The van der Waals surface area contributed by atoms with Crippen LogP contribution in [0.3, 0.4) is 0 Å². The van der Waals surface area contributed by atoms with Gasteiger partial charge in [-0.05, 0) is 105 Å². The number of hydrogen-bond acceptors (Lipinski definition) is 7. The van der Waals surface area contributed by atoms with Gasteiger partial charge in [0.1, 0.15) is 0 Å². The first-order valence-corrected chi connectivity index (χ1v) is 16.4. The highest BCUT2D eigenvalue weighted by molar-refractivity contribution is 7.90. The Bertz CT molecular complexity index is 1960. The molecule has 0 saturated carbocycles. The number of sulfone groups is 1. The van der Waals surface area contributed by atoms with Crippen molar-refractivity contribution in [3.63, 3.8) is 0 Å². The Hall–Kier alpha value is -4.34. The standard InChI is InChI=1S/C34H35N5O3S/c1-23-18-29(43(3,41)42)15-16-30(23)31-20-26-21-35-34(37-32(26)39(33(31)40)28-9-5-4-6-10-28)36-27-13-11-24(12-14-27)19-25-8-7-17-38(2)22-25/h4-6,9-16,18,20-21,25H,7-8,17,19,22H2,1-3H3,(H,35,36,37). The number of aryl methyl sites for hydroxylation is 1. The summed E-state index contributed by atoms with van der Waals surface area (Å²) in [4.78, 5) is 26.1. The van der Waals surface area contributed by atoms with Gasteiger partial charge in [0, 0.05) is 35.6 Å². The first-order chi connectivity index (χ1) is 20.7. The lowest BCUT2D eigenvalue weighted by molar-refractivity contribution is 0.209. The van der Waals surface area contributed by atoms with E-state index in [1.165, 1.54) is 37.3 Å². The van der Waals surface area contributed by atoms with Crippen molar-refractivity contribution in [3.8, 4) is 16.8 Å². The summed E-state index contributed by atoms with van der Waals surface area (Å²) in [6.07, 6.45) is 6.48. The molecule has 6 rings (SSSR count). The Morgan fingerprint density at radius 2 is 1.74 bits per heavy atom. The van der Waals surface area contributed by atoms with Gasteiger partial charge in [0.05, 0.1) is 10.6 Å². The van der Waals surface area contributed by atoms with Crippen LogP contribution in [0, 0.1) is 12.8 Å². The molecule has 1 atom stereocenters. The molecule has 0 radical (unpaired) electrons. The maximum atomic E-state index is 14.1. The zero-order valence-electron chi connectivity index (χ0n) is 24.6. The Morgan fingerprint density at radius 1 is 0.977 bits per heavy atom. The van der Waals surface area contributed by atoms with Crippen LogP contribution in [0.1, 0.15) is 24.0 Å². The van der Waals surface area contributed by atoms with Crippen molar-refractivity contribution in [2.24, 2.45) is 5.92 Å². The van der Waals surface area contributed by atoms with Gasteiger partial charge >= 0.3 is 0 Å². The van der Waals surface area contributed by atoms with E-state index in [2.05, 4.69) is 34.4 Å². The second-order valence-corrected chi connectivity index (χ2v) is 13.6. The molecule has 220 valence electrons. The van der Waals surface area contributed by atoms with E-state index in [1.807, 2.05) is 49.4 Å². The van der Waals surface area contributed by atoms with Crippen molar-refractivity contribution in [3.05, 3.63) is 107 Å². The summed E-state index contributed by atoms with van der Waals surface area (Å²) in [5.41, 5.74) is 4.87. The van der Waals surface area contributed by atoms with Crippen LogP contribution in [0.25, 0.3) is 27.8 Å². The monoisotopic (exact) mass is 593 g/mol. The maximum absolute atomic E-state index is 14.1. The molecule has 1 saturated heterocycles. The Balaban J connectivity index is 1.36. The van der Waals surface area contributed by atoms with Crippen molar-refractivity contribution in [1.82, 2.24) is 19.4 Å². The summed E-state index contributed by atoms with van der Waals surface area (Å²) in [5.74, 6) is 1.07. The number of para-hydroxylation sites is 1. The van der Waals surface area contributed by atoms with Crippen LogP contribution in [-0.2, 0) is 16.3 Å². The molecule has 3 aromatic carbocycles. The minimum absolute atomic E-state index is 0.214. The minimum atomic E-state index is -3.37. The van der Waals surface area contributed by atoms with Gasteiger partial charge in [0.2, 0.25) is 5.95 Å². The molecule has 8 nitrogen and oxygen atoms in total. The highest BCUT2D eigenvalue weighted by Gasteiger charge is 2.19.